The van der Waals surface area contributed by atoms with Gasteiger partial charge >= 0.3 is 23.9 Å². The number of benzene rings is 4. The molecule has 1 fully saturated rings. The van der Waals surface area contributed by atoms with Crippen LogP contribution in [-0.2, 0) is 62.0 Å². The number of carbonyl (C=O) groups excluding carboxylic acids is 8. The highest BCUT2D eigenvalue weighted by Crippen LogP contribution is 2.21. The van der Waals surface area contributed by atoms with Crippen molar-refractivity contribution in [2.45, 2.75) is 64.2 Å². The van der Waals surface area contributed by atoms with Crippen molar-refractivity contribution in [2.24, 2.45) is 0 Å². The number of nitrogens with two attached hydrogens (primary N) is 2. The van der Waals surface area contributed by atoms with Crippen LogP contribution < -0.4 is 30.4 Å². The number of ketones is 4. The van der Waals surface area contributed by atoms with Gasteiger partial charge in [-0.05, 0) is 74.9 Å². The molecule has 25 nitrogen and oxygen atoms in total. The zero-order chi connectivity index (χ0) is 56.2. The fourth-order valence-electron chi connectivity index (χ4n) is 5.99. The van der Waals surface area contributed by atoms with E-state index in [1.54, 1.807) is 48.5 Å². The molecule has 4 N–H and O–H groups in total. The number of unbranched alkanes of at least 4 members (excludes halogenated alkanes) is 2. The summed E-state index contributed by atoms with van der Waals surface area (Å²) in [4.78, 5) is 114. The first-order valence-corrected chi connectivity index (χ1v) is 23.9. The highest BCUT2D eigenvalue weighted by molar-refractivity contribution is 5.85. The maximum atomic E-state index is 11.8. The van der Waals surface area contributed by atoms with E-state index >= 15 is 0 Å². The largest absolute Gasteiger partial charge is 0.486 e. The average Bonchev–Trinajstić information content (AvgIpc) is 4.02. The fraction of sp³-hybridized carbons (Fsp3) is 0.385. The zero-order valence-corrected chi connectivity index (χ0v) is 42.0. The number of non-ortho nitro benzene ring substituents is 2. The van der Waals surface area contributed by atoms with Crippen molar-refractivity contribution in [1.82, 2.24) is 0 Å². The molecule has 0 bridgehead atoms. The van der Waals surface area contributed by atoms with Crippen LogP contribution >= 0.6 is 0 Å². The summed E-state index contributed by atoms with van der Waals surface area (Å²) in [5.74, 6) is -3.19. The van der Waals surface area contributed by atoms with Crippen LogP contribution in [0.2, 0.25) is 0 Å². The van der Waals surface area contributed by atoms with Crippen molar-refractivity contribution in [2.75, 3.05) is 77.5 Å². The van der Waals surface area contributed by atoms with Crippen LogP contribution in [0.1, 0.15) is 64.2 Å². The third-order valence-electron chi connectivity index (χ3n) is 9.86. The number of nitrogen functional groups attached to an aromatic ring is 2. The lowest BCUT2D eigenvalue weighted by Crippen LogP contribution is -2.20. The summed E-state index contributed by atoms with van der Waals surface area (Å²) in [6.07, 6.45) is 4.19. The van der Waals surface area contributed by atoms with Gasteiger partial charge in [0, 0.05) is 74.5 Å². The van der Waals surface area contributed by atoms with Crippen molar-refractivity contribution < 1.29 is 90.8 Å². The van der Waals surface area contributed by atoms with E-state index < -0.39 is 78.3 Å². The predicted molar refractivity (Wildman–Crippen MR) is 271 cm³/mol. The molecule has 0 spiro atoms. The maximum Gasteiger partial charge on any atom is 0.344 e. The number of hydrogen-bond acceptors (Lipinski definition) is 23. The van der Waals surface area contributed by atoms with Crippen LogP contribution in [-0.4, -0.2) is 123 Å². The summed E-state index contributed by atoms with van der Waals surface area (Å²) in [5.41, 5.74) is 11.9. The molecule has 0 aliphatic carbocycles. The quantitative estimate of drug-likeness (QED) is 0.0149. The van der Waals surface area contributed by atoms with Gasteiger partial charge in [-0.3, -0.25) is 49.0 Å². The van der Waals surface area contributed by atoms with Crippen LogP contribution in [0.25, 0.3) is 0 Å². The Kier molecular flexibility index (Phi) is 29.2. The van der Waals surface area contributed by atoms with Crippen LogP contribution in [0.3, 0.4) is 0 Å². The molecule has 0 unspecified atom stereocenters. The summed E-state index contributed by atoms with van der Waals surface area (Å²) in [6, 6.07) is 23.7. The number of carbonyl (C=O) groups is 8. The van der Waals surface area contributed by atoms with Crippen molar-refractivity contribution in [3.05, 3.63) is 117 Å². The van der Waals surface area contributed by atoms with Crippen LogP contribution in [0.4, 0.5) is 22.7 Å². The smallest absolute Gasteiger partial charge is 0.344 e. The lowest BCUT2D eigenvalue weighted by atomic mass is 10.1. The van der Waals surface area contributed by atoms with Gasteiger partial charge in [0.05, 0.1) is 22.0 Å². The number of ether oxygens (including phenoxy) is 9. The molecular weight excluding hydrogens is 1020 g/mol. The van der Waals surface area contributed by atoms with Gasteiger partial charge < -0.3 is 54.1 Å². The molecule has 0 radical (unpaired) electrons. The zero-order valence-electron chi connectivity index (χ0n) is 42.0. The van der Waals surface area contributed by atoms with Gasteiger partial charge in [0.15, 0.2) is 38.0 Å². The van der Waals surface area contributed by atoms with Crippen LogP contribution in [0, 0.1) is 20.2 Å². The number of anilines is 2. The van der Waals surface area contributed by atoms with Crippen molar-refractivity contribution >= 4 is 69.8 Å². The van der Waals surface area contributed by atoms with Gasteiger partial charge in [0.2, 0.25) is 11.6 Å². The van der Waals surface area contributed by atoms with E-state index in [4.69, 9.17) is 54.1 Å². The van der Waals surface area contributed by atoms with Crippen molar-refractivity contribution in [1.29, 1.82) is 0 Å². The molecule has 0 aromatic heterocycles. The van der Waals surface area contributed by atoms with Gasteiger partial charge in [-0.1, -0.05) is 24.3 Å². The number of esters is 4. The summed E-state index contributed by atoms with van der Waals surface area (Å²) >= 11 is 0. The molecular formula is C52H60N4O21. The molecule has 4 aromatic carbocycles. The molecule has 1 aliphatic rings. The molecule has 0 atom stereocenters. The van der Waals surface area contributed by atoms with E-state index in [1.165, 1.54) is 49.2 Å². The van der Waals surface area contributed by atoms with Gasteiger partial charge in [-0.15, -0.1) is 0 Å². The summed E-state index contributed by atoms with van der Waals surface area (Å²) < 4.78 is 45.1. The maximum absolute atomic E-state index is 11.8. The minimum absolute atomic E-state index is 0.0386. The Bertz CT molecular complexity index is 2420. The number of nitro groups is 2. The SMILES string of the molecule is C1CCOC1.Nc1cccc(OCC(=O)COC(=O)CCCCC(=O)COC(=O)COc2cccc(N)c2)c1.O=C(CCCCC(=O)OCC(=O)COc1cccc([N+](=O)[O-])c1)COC(=O)COc1cccc([N+](=O)[O-])c1. The Labute approximate surface area is 441 Å². The lowest BCUT2D eigenvalue weighted by molar-refractivity contribution is -0.385. The van der Waals surface area contributed by atoms with E-state index in [0.717, 1.165) is 25.3 Å². The Morgan fingerprint density at radius 1 is 0.416 bits per heavy atom. The molecule has 5 rings (SSSR count). The van der Waals surface area contributed by atoms with Gasteiger partial charge in [0.25, 0.3) is 11.4 Å². The summed E-state index contributed by atoms with van der Waals surface area (Å²) in [5, 5.41) is 21.5. The summed E-state index contributed by atoms with van der Waals surface area (Å²) in [7, 11) is 0. The number of hydrogen-bond donors (Lipinski definition) is 2. The predicted octanol–water partition coefficient (Wildman–Crippen LogP) is 5.64. The minimum atomic E-state index is -0.826. The van der Waals surface area contributed by atoms with Crippen LogP contribution in [0.15, 0.2) is 97.1 Å². The second-order valence-electron chi connectivity index (χ2n) is 16.3. The molecule has 414 valence electrons. The van der Waals surface area contributed by atoms with Gasteiger partial charge in [-0.25, -0.2) is 9.59 Å². The minimum Gasteiger partial charge on any atom is -0.486 e. The highest BCUT2D eigenvalue weighted by Gasteiger charge is 2.15. The Morgan fingerprint density at radius 2 is 0.740 bits per heavy atom. The second-order valence-corrected chi connectivity index (χ2v) is 16.3. The number of nitro benzene ring substituents is 2. The molecule has 4 aromatic rings. The third kappa shape index (κ3) is 29.5. The first-order chi connectivity index (χ1) is 36.9. The first-order valence-electron chi connectivity index (χ1n) is 23.9. The van der Waals surface area contributed by atoms with Crippen LogP contribution in [0.5, 0.6) is 23.0 Å². The normalized spacial score (nSPS) is 11.1. The van der Waals surface area contributed by atoms with E-state index in [-0.39, 0.29) is 79.9 Å². The first kappa shape index (κ1) is 62.3. The Hall–Kier alpha value is -9.00. The standard InChI is InChI=1S/C24H24N2O12.C24H28N2O8.C4H8O/c27-19(13-38-24(30)16-36-22-9-4-6-18(12-22)26(33)34)7-1-2-10-23(29)37-15-20(28)14-35-21-8-3-5-17(11-21)25(31)32;25-17-5-3-8-21(11-17)31-14-20(28)15-33-23(29)10-2-1-7-19(27)13-34-24(30)16-32-22-9-4-6-18(26)12-22;1-2-4-5-3-1/h3-6,8-9,11-12H,1-2,7,10,13-16H2;3-6,8-9,11-12H,1-2,7,10,13-16,25-26H2;1-4H2. The monoisotopic (exact) mass is 1080 g/mol. The third-order valence-corrected chi connectivity index (χ3v) is 9.86. The molecule has 77 heavy (non-hydrogen) atoms. The average molecular weight is 1080 g/mol. The molecule has 1 heterocycles. The van der Waals surface area contributed by atoms with E-state index in [1.807, 2.05) is 0 Å². The second kappa shape index (κ2) is 36.0. The highest BCUT2D eigenvalue weighted by atomic mass is 16.6. The molecule has 1 aliphatic heterocycles. The molecule has 25 heteroatoms. The molecule has 0 saturated carbocycles. The van der Waals surface area contributed by atoms with Crippen molar-refractivity contribution in [3.8, 4) is 23.0 Å². The van der Waals surface area contributed by atoms with Gasteiger partial charge in [0.1, 0.15) is 49.4 Å². The lowest BCUT2D eigenvalue weighted by Gasteiger charge is -2.08. The fourth-order valence-corrected chi connectivity index (χ4v) is 5.99. The van der Waals surface area contributed by atoms with E-state index in [2.05, 4.69) is 0 Å². The molecule has 1 saturated heterocycles. The van der Waals surface area contributed by atoms with Gasteiger partial charge in [-0.2, -0.15) is 0 Å². The topological polar surface area (TPSA) is 358 Å². The number of rotatable bonds is 32. The summed E-state index contributed by atoms with van der Waals surface area (Å²) in [6.45, 7) is -1.33. The number of nitrogens with zero attached hydrogens (tertiary/aromatic N) is 2. The Balaban J connectivity index is 0.000000372. The van der Waals surface area contributed by atoms with E-state index in [0.29, 0.717) is 48.6 Å². The molecule has 0 amide bonds. The van der Waals surface area contributed by atoms with E-state index in [9.17, 15) is 58.6 Å². The van der Waals surface area contributed by atoms with Crippen molar-refractivity contribution in [3.63, 3.8) is 0 Å². The number of Topliss-reactive ketones (excluding diaryl/α,β-unsaturated/α-hetero) is 4. The Morgan fingerprint density at radius 3 is 1.09 bits per heavy atom.